The lowest BCUT2D eigenvalue weighted by Crippen LogP contribution is -2.44. The van der Waals surface area contributed by atoms with Crippen LogP contribution in [-0.2, 0) is 31.9 Å². The average Bonchev–Trinajstić information content (AvgIpc) is 3.24. The van der Waals surface area contributed by atoms with Crippen molar-refractivity contribution in [3.63, 3.8) is 0 Å². The molecule has 0 aliphatic heterocycles. The molecule has 3 N–H and O–H groups in total. The number of likely N-dealkylation sites (N-methyl/N-ethyl adjacent to an activating group) is 1. The lowest BCUT2D eigenvalue weighted by Gasteiger charge is -2.31. The third-order valence-corrected chi connectivity index (χ3v) is 8.54. The summed E-state index contributed by atoms with van der Waals surface area (Å²) in [5, 5.41) is 8.48. The van der Waals surface area contributed by atoms with Gasteiger partial charge in [0, 0.05) is 25.1 Å². The Balaban J connectivity index is 1.48. The Bertz CT molecular complexity index is 1460. The zero-order valence-corrected chi connectivity index (χ0v) is 28.8. The third-order valence-electron chi connectivity index (χ3n) is 8.54. The summed E-state index contributed by atoms with van der Waals surface area (Å²) in [5.41, 5.74) is 9.84. The number of ether oxygens (including phenoxy) is 2. The van der Waals surface area contributed by atoms with Gasteiger partial charge in [0.05, 0.1) is 55.8 Å². The minimum atomic E-state index is -0.548. The van der Waals surface area contributed by atoms with E-state index in [1.165, 1.54) is 6.92 Å². The van der Waals surface area contributed by atoms with E-state index in [1.807, 2.05) is 38.0 Å². The second kappa shape index (κ2) is 13.9. The highest BCUT2D eigenvalue weighted by atomic mass is 16.6. The van der Waals surface area contributed by atoms with E-state index >= 15 is 0 Å². The number of fused-ring (bicyclic) bond motifs is 1. The fraction of sp³-hybridized carbons (Fsp3) is 0.629. The highest BCUT2D eigenvalue weighted by Gasteiger charge is 2.37. The summed E-state index contributed by atoms with van der Waals surface area (Å²) in [6.07, 6.45) is 3.93. The maximum absolute atomic E-state index is 13.3. The van der Waals surface area contributed by atoms with Gasteiger partial charge in [0.15, 0.2) is 11.9 Å². The molecule has 1 aromatic heterocycles. The van der Waals surface area contributed by atoms with Gasteiger partial charge in [-0.1, -0.05) is 27.7 Å². The molecule has 1 amide bonds. The summed E-state index contributed by atoms with van der Waals surface area (Å²) in [5.74, 6) is -0.851. The van der Waals surface area contributed by atoms with E-state index in [9.17, 15) is 19.2 Å². The van der Waals surface area contributed by atoms with Crippen LogP contribution in [0, 0.1) is 11.3 Å². The molecule has 0 radical (unpaired) electrons. The summed E-state index contributed by atoms with van der Waals surface area (Å²) in [7, 11) is 5.93. The van der Waals surface area contributed by atoms with E-state index in [1.54, 1.807) is 6.07 Å². The monoisotopic (exact) mass is 638 g/mol. The van der Waals surface area contributed by atoms with Crippen molar-refractivity contribution in [1.82, 2.24) is 9.78 Å². The van der Waals surface area contributed by atoms with Gasteiger partial charge in [0.1, 0.15) is 12.6 Å². The van der Waals surface area contributed by atoms with Gasteiger partial charge in [-0.3, -0.25) is 19.2 Å². The zero-order chi connectivity index (χ0) is 34.0. The maximum atomic E-state index is 13.3. The molecule has 1 heterocycles. The van der Waals surface area contributed by atoms with Gasteiger partial charge in [0.25, 0.3) is 5.91 Å². The van der Waals surface area contributed by atoms with Crippen LogP contribution < -0.4 is 11.1 Å². The van der Waals surface area contributed by atoms with E-state index in [0.29, 0.717) is 53.9 Å². The number of nitrogens with two attached hydrogens (primary N) is 1. The highest BCUT2D eigenvalue weighted by molar-refractivity contribution is 6.00. The molecular weight excluding hydrogens is 586 g/mol. The molecule has 0 saturated heterocycles. The molecule has 1 atom stereocenters. The Morgan fingerprint density at radius 1 is 1.11 bits per heavy atom. The molecule has 1 unspecified atom stereocenters. The minimum Gasteiger partial charge on any atom is -0.462 e. The van der Waals surface area contributed by atoms with Crippen LogP contribution in [-0.4, -0.2) is 83.8 Å². The summed E-state index contributed by atoms with van der Waals surface area (Å²) in [4.78, 5) is 50.1. The second-order valence-corrected chi connectivity index (χ2v) is 15.3. The normalized spacial score (nSPS) is 20.2. The molecule has 0 spiro atoms. The molecule has 1 fully saturated rings. The van der Waals surface area contributed by atoms with Gasteiger partial charge in [-0.25, -0.2) is 4.68 Å². The summed E-state index contributed by atoms with van der Waals surface area (Å²) in [6.45, 7) is 10.3. The number of anilines is 1. The topological polar surface area (TPSA) is 143 Å². The first-order valence-corrected chi connectivity index (χ1v) is 16.4. The molecule has 2 aliphatic rings. The van der Waals surface area contributed by atoms with Crippen LogP contribution in [0.2, 0.25) is 0 Å². The van der Waals surface area contributed by atoms with E-state index in [-0.39, 0.29) is 35.7 Å². The number of nitrogens with zero attached hydrogens (tertiary/aromatic N) is 3. The van der Waals surface area contributed by atoms with Gasteiger partial charge in [-0.05, 0) is 68.1 Å². The van der Waals surface area contributed by atoms with E-state index in [2.05, 4.69) is 33.0 Å². The number of ketones is 1. The number of primary amides is 1. The summed E-state index contributed by atoms with van der Waals surface area (Å²) in [6, 6.07) is 5.49. The highest BCUT2D eigenvalue weighted by Crippen LogP contribution is 2.38. The molecule has 1 saturated carbocycles. The quantitative estimate of drug-likeness (QED) is 0.253. The lowest BCUT2D eigenvalue weighted by molar-refractivity contribution is -0.873. The van der Waals surface area contributed by atoms with E-state index in [4.69, 9.17) is 20.3 Å². The number of amides is 1. The number of quaternary nitrogens is 1. The maximum Gasteiger partial charge on any atom is 0.310 e. The van der Waals surface area contributed by atoms with Gasteiger partial charge in [-0.2, -0.15) is 5.10 Å². The Kier molecular flexibility index (Phi) is 10.7. The number of benzene rings is 1. The van der Waals surface area contributed by atoms with Crippen LogP contribution in [0.15, 0.2) is 18.2 Å². The fourth-order valence-corrected chi connectivity index (χ4v) is 6.72. The van der Waals surface area contributed by atoms with E-state index < -0.39 is 18.0 Å². The lowest BCUT2D eigenvalue weighted by atomic mass is 9.75. The molecule has 1 aromatic carbocycles. The van der Waals surface area contributed by atoms with Crippen molar-refractivity contribution in [2.24, 2.45) is 17.1 Å². The number of carbonyl (C=O) groups excluding carboxylic acids is 4. The molecule has 2 aromatic rings. The number of carbonyl (C=O) groups is 4. The van der Waals surface area contributed by atoms with Crippen molar-refractivity contribution in [3.8, 4) is 5.69 Å². The predicted octanol–water partition coefficient (Wildman–Crippen LogP) is 4.62. The Hall–Kier alpha value is -3.73. The Morgan fingerprint density at radius 3 is 2.37 bits per heavy atom. The van der Waals surface area contributed by atoms with E-state index in [0.717, 1.165) is 41.9 Å². The molecule has 46 heavy (non-hydrogen) atoms. The summed E-state index contributed by atoms with van der Waals surface area (Å²) >= 11 is 0. The van der Waals surface area contributed by atoms with Crippen molar-refractivity contribution in [2.45, 2.75) is 104 Å². The van der Waals surface area contributed by atoms with Crippen molar-refractivity contribution >= 4 is 29.3 Å². The van der Waals surface area contributed by atoms with Crippen molar-refractivity contribution < 1.29 is 33.1 Å². The van der Waals surface area contributed by atoms with Crippen LogP contribution >= 0.6 is 0 Å². The van der Waals surface area contributed by atoms with Crippen molar-refractivity contribution in [1.29, 1.82) is 0 Å². The number of esters is 2. The van der Waals surface area contributed by atoms with Crippen molar-refractivity contribution in [3.05, 3.63) is 40.7 Å². The number of hydrogen-bond acceptors (Lipinski definition) is 8. The number of aromatic nitrogens is 2. The van der Waals surface area contributed by atoms with Crippen LogP contribution in [0.25, 0.3) is 5.69 Å². The predicted molar refractivity (Wildman–Crippen MR) is 176 cm³/mol. The first-order valence-electron chi connectivity index (χ1n) is 16.4. The van der Waals surface area contributed by atoms with Gasteiger partial charge in [0.2, 0.25) is 0 Å². The van der Waals surface area contributed by atoms with Gasteiger partial charge >= 0.3 is 11.9 Å². The Labute approximate surface area is 272 Å². The number of nitrogens with one attached hydrogen (secondary N) is 1. The average molecular weight is 639 g/mol. The van der Waals surface area contributed by atoms with Gasteiger partial charge in [-0.15, -0.1) is 0 Å². The molecule has 11 heteroatoms. The number of Topliss-reactive ketones (excluding diaryl/α,β-unsaturated/α-hetero) is 1. The van der Waals surface area contributed by atoms with Crippen LogP contribution in [0.3, 0.4) is 0 Å². The Morgan fingerprint density at radius 2 is 1.78 bits per heavy atom. The molecule has 2 aliphatic carbocycles. The third kappa shape index (κ3) is 9.18. The smallest absolute Gasteiger partial charge is 0.310 e. The number of hydrogen-bond donors (Lipinski definition) is 2. The zero-order valence-electron chi connectivity index (χ0n) is 28.8. The minimum absolute atomic E-state index is 0.0147. The second-order valence-electron chi connectivity index (χ2n) is 15.3. The first kappa shape index (κ1) is 35.1. The largest absolute Gasteiger partial charge is 0.462 e. The van der Waals surface area contributed by atoms with Crippen LogP contribution in [0.5, 0.6) is 0 Å². The SMILES string of the molecule is CC(=O)OC(CC(=O)OC1CCC(Nc2cc(-n3nc(CC(C)C)c4c3CC(C)(C)CC4=O)ccc2C(N)=O)CC1)C[N+](C)(C)C. The van der Waals surface area contributed by atoms with Crippen LogP contribution in [0.4, 0.5) is 5.69 Å². The fourth-order valence-electron chi connectivity index (χ4n) is 6.72. The van der Waals surface area contributed by atoms with Gasteiger partial charge < -0.3 is 25.0 Å². The van der Waals surface area contributed by atoms with Crippen LogP contribution in [0.1, 0.15) is 105 Å². The first-order chi connectivity index (χ1) is 21.4. The standard InChI is InChI=1S/C35H51N5O6/c1-21(2)15-29-33-30(18-35(4,5)19-31(33)42)39(38-29)24-11-14-27(34(36)44)28(16-24)37-23-9-12-25(13-10-23)46-32(43)17-26(45-22(3)41)20-40(6,7)8/h11,14,16,21,23,25-26H,9-10,12-13,15,17-20H2,1-8H3,(H2-,36,37,44)/p+1. The molecular formula is C35H52N5O6+. The van der Waals surface area contributed by atoms with Crippen molar-refractivity contribution in [2.75, 3.05) is 33.0 Å². The molecule has 252 valence electrons. The number of rotatable bonds is 12. The summed E-state index contributed by atoms with van der Waals surface area (Å²) < 4.78 is 13.6. The molecule has 11 nitrogen and oxygen atoms in total. The molecule has 4 rings (SSSR count). The molecule has 0 bridgehead atoms.